The molecule has 5 nitrogen and oxygen atoms in total. The summed E-state index contributed by atoms with van der Waals surface area (Å²) in [5, 5.41) is 9.92. The summed E-state index contributed by atoms with van der Waals surface area (Å²) in [4.78, 5) is 20.2. The Morgan fingerprint density at radius 2 is 2.41 bits per heavy atom. The summed E-state index contributed by atoms with van der Waals surface area (Å²) in [6.07, 6.45) is 3.71. The van der Waals surface area contributed by atoms with Gasteiger partial charge in [0.2, 0.25) is 0 Å². The molecular formula is C12H13N3O2. The van der Waals surface area contributed by atoms with E-state index in [1.165, 1.54) is 5.56 Å². The lowest BCUT2D eigenvalue weighted by molar-refractivity contribution is -0.147. The number of likely N-dealkylation sites (tertiary alicyclic amines) is 1. The lowest BCUT2D eigenvalue weighted by Gasteiger charge is -2.36. The Balaban J connectivity index is 1.72. The van der Waals surface area contributed by atoms with Crippen LogP contribution in [-0.4, -0.2) is 39.0 Å². The summed E-state index contributed by atoms with van der Waals surface area (Å²) in [6.45, 7) is 2.07. The molecule has 1 aliphatic heterocycles. The van der Waals surface area contributed by atoms with E-state index in [4.69, 9.17) is 5.11 Å². The van der Waals surface area contributed by atoms with Crippen molar-refractivity contribution in [3.63, 3.8) is 0 Å². The molecule has 5 heteroatoms. The molecule has 0 atom stereocenters. The van der Waals surface area contributed by atoms with Crippen LogP contribution >= 0.6 is 0 Å². The first-order valence-electron chi connectivity index (χ1n) is 5.60. The minimum atomic E-state index is -0.693. The maximum atomic E-state index is 10.7. The van der Waals surface area contributed by atoms with Crippen molar-refractivity contribution >= 4 is 17.0 Å². The lowest BCUT2D eigenvalue weighted by atomic mass is 10.00. The third kappa shape index (κ3) is 1.78. The topological polar surface area (TPSA) is 69.2 Å². The number of carboxylic acid groups (broad SMARTS) is 1. The number of hydrogen-bond donors (Lipinski definition) is 2. The quantitative estimate of drug-likeness (QED) is 0.829. The van der Waals surface area contributed by atoms with Gasteiger partial charge in [-0.15, -0.1) is 0 Å². The third-order valence-electron chi connectivity index (χ3n) is 3.24. The molecule has 0 aromatic carbocycles. The fourth-order valence-corrected chi connectivity index (χ4v) is 2.24. The first-order valence-corrected chi connectivity index (χ1v) is 5.60. The van der Waals surface area contributed by atoms with E-state index in [1.54, 1.807) is 6.20 Å². The second kappa shape index (κ2) is 3.85. The van der Waals surface area contributed by atoms with Crippen molar-refractivity contribution in [1.82, 2.24) is 14.9 Å². The van der Waals surface area contributed by atoms with Crippen LogP contribution in [0.25, 0.3) is 11.0 Å². The van der Waals surface area contributed by atoms with E-state index >= 15 is 0 Å². The third-order valence-corrected chi connectivity index (χ3v) is 3.24. The molecule has 0 saturated carbocycles. The van der Waals surface area contributed by atoms with E-state index in [0.29, 0.717) is 13.1 Å². The zero-order valence-corrected chi connectivity index (χ0v) is 9.26. The summed E-state index contributed by atoms with van der Waals surface area (Å²) < 4.78 is 0. The van der Waals surface area contributed by atoms with E-state index in [9.17, 15) is 4.79 Å². The minimum absolute atomic E-state index is 0.196. The Morgan fingerprint density at radius 1 is 1.59 bits per heavy atom. The number of carboxylic acids is 1. The van der Waals surface area contributed by atoms with Crippen molar-refractivity contribution in [3.8, 4) is 0 Å². The van der Waals surface area contributed by atoms with Crippen LogP contribution < -0.4 is 0 Å². The molecule has 1 fully saturated rings. The Labute approximate surface area is 98.1 Å². The van der Waals surface area contributed by atoms with Gasteiger partial charge in [-0.3, -0.25) is 9.69 Å². The van der Waals surface area contributed by atoms with Crippen LogP contribution in [0.1, 0.15) is 5.56 Å². The first kappa shape index (κ1) is 10.3. The molecular weight excluding hydrogens is 218 g/mol. The van der Waals surface area contributed by atoms with Crippen LogP contribution in [0.2, 0.25) is 0 Å². The molecule has 88 valence electrons. The standard InChI is InChI=1S/C12H13N3O2/c16-12(17)9-6-15(7-9)5-8-4-14-11-10(8)2-1-3-13-11/h1-4,9H,5-7H2,(H,13,14)(H,16,17). The van der Waals surface area contributed by atoms with E-state index in [0.717, 1.165) is 17.6 Å². The average Bonchev–Trinajstić information content (AvgIpc) is 2.65. The molecule has 3 heterocycles. The zero-order chi connectivity index (χ0) is 11.8. The predicted molar refractivity (Wildman–Crippen MR) is 62.5 cm³/mol. The summed E-state index contributed by atoms with van der Waals surface area (Å²) in [7, 11) is 0. The molecule has 1 aliphatic rings. The number of carbonyl (C=O) groups is 1. The SMILES string of the molecule is O=C(O)C1CN(Cc2c[nH]c3ncccc23)C1. The van der Waals surface area contributed by atoms with Crippen molar-refractivity contribution in [1.29, 1.82) is 0 Å². The van der Waals surface area contributed by atoms with Gasteiger partial charge in [-0.25, -0.2) is 4.98 Å². The van der Waals surface area contributed by atoms with Gasteiger partial charge >= 0.3 is 5.97 Å². The molecule has 1 saturated heterocycles. The summed E-state index contributed by atoms with van der Waals surface area (Å²) in [6, 6.07) is 3.94. The van der Waals surface area contributed by atoms with E-state index < -0.39 is 5.97 Å². The highest BCUT2D eigenvalue weighted by Crippen LogP contribution is 2.22. The molecule has 0 spiro atoms. The molecule has 17 heavy (non-hydrogen) atoms. The maximum Gasteiger partial charge on any atom is 0.309 e. The van der Waals surface area contributed by atoms with Crippen molar-refractivity contribution in [3.05, 3.63) is 30.1 Å². The Bertz CT molecular complexity index is 558. The van der Waals surface area contributed by atoms with Gasteiger partial charge in [0.05, 0.1) is 5.92 Å². The van der Waals surface area contributed by atoms with E-state index in [2.05, 4.69) is 14.9 Å². The van der Waals surface area contributed by atoms with Crippen molar-refractivity contribution in [2.24, 2.45) is 5.92 Å². The van der Waals surface area contributed by atoms with Gasteiger partial charge in [0.1, 0.15) is 5.65 Å². The maximum absolute atomic E-state index is 10.7. The highest BCUT2D eigenvalue weighted by Gasteiger charge is 2.32. The van der Waals surface area contributed by atoms with E-state index in [1.807, 2.05) is 18.3 Å². The van der Waals surface area contributed by atoms with Crippen LogP contribution in [0.3, 0.4) is 0 Å². The molecule has 3 rings (SSSR count). The first-order chi connectivity index (χ1) is 8.24. The van der Waals surface area contributed by atoms with Gasteiger partial charge in [-0.2, -0.15) is 0 Å². The average molecular weight is 231 g/mol. The Morgan fingerprint density at radius 3 is 3.18 bits per heavy atom. The number of fused-ring (bicyclic) bond motifs is 1. The summed E-state index contributed by atoms with van der Waals surface area (Å²) in [5.74, 6) is -0.889. The van der Waals surface area contributed by atoms with Gasteiger partial charge in [-0.05, 0) is 17.7 Å². The lowest BCUT2D eigenvalue weighted by Crippen LogP contribution is -2.49. The molecule has 0 amide bonds. The van der Waals surface area contributed by atoms with Crippen LogP contribution in [0.4, 0.5) is 0 Å². The fourth-order valence-electron chi connectivity index (χ4n) is 2.24. The number of nitrogens with zero attached hydrogens (tertiary/aromatic N) is 2. The molecule has 0 aliphatic carbocycles. The van der Waals surface area contributed by atoms with Crippen molar-refractivity contribution in [2.75, 3.05) is 13.1 Å². The van der Waals surface area contributed by atoms with Gasteiger partial charge in [0, 0.05) is 37.4 Å². The number of aromatic amines is 1. The predicted octanol–water partition coefficient (Wildman–Crippen LogP) is 1.08. The number of nitrogens with one attached hydrogen (secondary N) is 1. The second-order valence-corrected chi connectivity index (χ2v) is 4.44. The fraction of sp³-hybridized carbons (Fsp3) is 0.333. The van der Waals surface area contributed by atoms with Crippen LogP contribution in [0.15, 0.2) is 24.5 Å². The zero-order valence-electron chi connectivity index (χ0n) is 9.26. The molecule has 0 radical (unpaired) electrons. The number of rotatable bonds is 3. The normalized spacial score (nSPS) is 17.2. The highest BCUT2D eigenvalue weighted by atomic mass is 16.4. The van der Waals surface area contributed by atoms with E-state index in [-0.39, 0.29) is 5.92 Å². The van der Waals surface area contributed by atoms with Crippen molar-refractivity contribution < 1.29 is 9.90 Å². The van der Waals surface area contributed by atoms with Gasteiger partial charge < -0.3 is 10.1 Å². The molecule has 0 bridgehead atoms. The van der Waals surface area contributed by atoms with Gasteiger partial charge in [0.25, 0.3) is 0 Å². The van der Waals surface area contributed by atoms with Gasteiger partial charge in [0.15, 0.2) is 0 Å². The van der Waals surface area contributed by atoms with Crippen LogP contribution in [-0.2, 0) is 11.3 Å². The Hall–Kier alpha value is -1.88. The smallest absolute Gasteiger partial charge is 0.309 e. The molecule has 2 aromatic heterocycles. The monoisotopic (exact) mass is 231 g/mol. The Kier molecular flexibility index (Phi) is 2.33. The summed E-state index contributed by atoms with van der Waals surface area (Å²) >= 11 is 0. The molecule has 2 N–H and O–H groups in total. The summed E-state index contributed by atoms with van der Waals surface area (Å²) in [5.41, 5.74) is 2.06. The van der Waals surface area contributed by atoms with Crippen LogP contribution in [0.5, 0.6) is 0 Å². The largest absolute Gasteiger partial charge is 0.481 e. The van der Waals surface area contributed by atoms with Crippen molar-refractivity contribution in [2.45, 2.75) is 6.54 Å². The molecule has 2 aromatic rings. The number of H-pyrrole nitrogens is 1. The second-order valence-electron chi connectivity index (χ2n) is 4.44. The number of aromatic nitrogens is 2. The molecule has 0 unspecified atom stereocenters. The minimum Gasteiger partial charge on any atom is -0.481 e. The number of aliphatic carboxylic acids is 1. The highest BCUT2D eigenvalue weighted by molar-refractivity contribution is 5.79. The number of hydrogen-bond acceptors (Lipinski definition) is 3. The number of pyridine rings is 1. The van der Waals surface area contributed by atoms with Gasteiger partial charge in [-0.1, -0.05) is 0 Å². The van der Waals surface area contributed by atoms with Crippen LogP contribution in [0, 0.1) is 5.92 Å².